The first kappa shape index (κ1) is 12.4. The molecule has 0 aromatic rings. The lowest BCUT2D eigenvalue weighted by atomic mass is 9.71. The summed E-state index contributed by atoms with van der Waals surface area (Å²) < 4.78 is 5.57. The fourth-order valence-electron chi connectivity index (χ4n) is 3.37. The second kappa shape index (κ2) is 5.05. The Hall–Kier alpha value is -0.0800. The molecule has 6 atom stereocenters. The van der Waals surface area contributed by atoms with E-state index in [4.69, 9.17) is 4.74 Å². The SMILES string of the molecule is CC1CC(C(O)C2CCC(C)C(C)C2)CO1. The third kappa shape index (κ3) is 2.60. The zero-order valence-electron chi connectivity index (χ0n) is 10.9. The van der Waals surface area contributed by atoms with Gasteiger partial charge in [-0.3, -0.25) is 0 Å². The van der Waals surface area contributed by atoms with Crippen LogP contribution in [0.2, 0.25) is 0 Å². The van der Waals surface area contributed by atoms with Crippen molar-refractivity contribution in [1.82, 2.24) is 0 Å². The zero-order chi connectivity index (χ0) is 11.7. The van der Waals surface area contributed by atoms with E-state index in [0.29, 0.717) is 17.9 Å². The Balaban J connectivity index is 1.87. The minimum atomic E-state index is -0.125. The average Bonchev–Trinajstić information content (AvgIpc) is 2.68. The summed E-state index contributed by atoms with van der Waals surface area (Å²) in [5, 5.41) is 10.4. The van der Waals surface area contributed by atoms with E-state index in [9.17, 15) is 5.11 Å². The van der Waals surface area contributed by atoms with Gasteiger partial charge in [-0.15, -0.1) is 0 Å². The van der Waals surface area contributed by atoms with Gasteiger partial charge in [0.05, 0.1) is 18.8 Å². The Morgan fingerprint density at radius 1 is 1.00 bits per heavy atom. The first-order valence-electron chi connectivity index (χ1n) is 6.87. The van der Waals surface area contributed by atoms with Gasteiger partial charge in [0.2, 0.25) is 0 Å². The van der Waals surface area contributed by atoms with Gasteiger partial charge in [-0.25, -0.2) is 0 Å². The standard InChI is InChI=1S/C14H26O2/c1-9-4-5-12(6-10(9)2)14(15)13-7-11(3)16-8-13/h9-15H,4-8H2,1-3H3. The summed E-state index contributed by atoms with van der Waals surface area (Å²) in [6.07, 6.45) is 4.96. The molecule has 6 unspecified atom stereocenters. The van der Waals surface area contributed by atoms with Gasteiger partial charge < -0.3 is 9.84 Å². The van der Waals surface area contributed by atoms with E-state index < -0.39 is 0 Å². The lowest BCUT2D eigenvalue weighted by molar-refractivity contribution is 0.00952. The van der Waals surface area contributed by atoms with E-state index in [0.717, 1.165) is 24.9 Å². The van der Waals surface area contributed by atoms with Crippen molar-refractivity contribution < 1.29 is 9.84 Å². The second-order valence-corrected chi connectivity index (χ2v) is 6.16. The Morgan fingerprint density at radius 3 is 2.31 bits per heavy atom. The largest absolute Gasteiger partial charge is 0.392 e. The van der Waals surface area contributed by atoms with Crippen LogP contribution >= 0.6 is 0 Å². The van der Waals surface area contributed by atoms with Gasteiger partial charge in [0, 0.05) is 5.92 Å². The van der Waals surface area contributed by atoms with Crippen LogP contribution in [-0.2, 0) is 4.74 Å². The van der Waals surface area contributed by atoms with Crippen LogP contribution < -0.4 is 0 Å². The van der Waals surface area contributed by atoms with Crippen LogP contribution in [0.4, 0.5) is 0 Å². The molecule has 2 fully saturated rings. The summed E-state index contributed by atoms with van der Waals surface area (Å²) in [6.45, 7) is 7.55. The molecule has 0 spiro atoms. The van der Waals surface area contributed by atoms with Crippen LogP contribution in [0, 0.1) is 23.7 Å². The number of ether oxygens (including phenoxy) is 1. The molecule has 2 heteroatoms. The third-order valence-corrected chi connectivity index (χ3v) is 4.83. The van der Waals surface area contributed by atoms with Gasteiger partial charge in [-0.2, -0.15) is 0 Å². The summed E-state index contributed by atoms with van der Waals surface area (Å²) in [4.78, 5) is 0. The lowest BCUT2D eigenvalue weighted by Crippen LogP contribution is -2.34. The Labute approximate surface area is 99.4 Å². The predicted molar refractivity (Wildman–Crippen MR) is 65.2 cm³/mol. The number of aliphatic hydroxyl groups is 1. The summed E-state index contributed by atoms with van der Waals surface area (Å²) in [5.74, 6) is 2.51. The van der Waals surface area contributed by atoms with Gasteiger partial charge in [0.1, 0.15) is 0 Å². The summed E-state index contributed by atoms with van der Waals surface area (Å²) in [6, 6.07) is 0. The minimum absolute atomic E-state index is 0.125. The molecule has 1 aliphatic heterocycles. The van der Waals surface area contributed by atoms with Crippen molar-refractivity contribution in [3.8, 4) is 0 Å². The number of aliphatic hydroxyl groups excluding tert-OH is 1. The Bertz CT molecular complexity index is 229. The van der Waals surface area contributed by atoms with Gasteiger partial charge in [0.15, 0.2) is 0 Å². The van der Waals surface area contributed by atoms with E-state index in [1.807, 2.05) is 0 Å². The third-order valence-electron chi connectivity index (χ3n) is 4.83. The van der Waals surface area contributed by atoms with Gasteiger partial charge in [-0.1, -0.05) is 20.3 Å². The molecule has 0 aromatic heterocycles. The highest BCUT2D eigenvalue weighted by Gasteiger charge is 2.36. The monoisotopic (exact) mass is 226 g/mol. The van der Waals surface area contributed by atoms with Crippen molar-refractivity contribution in [3.63, 3.8) is 0 Å². The lowest BCUT2D eigenvalue weighted by Gasteiger charge is -2.36. The molecule has 1 heterocycles. The summed E-state index contributed by atoms with van der Waals surface area (Å²) in [5.41, 5.74) is 0. The predicted octanol–water partition coefficient (Wildman–Crippen LogP) is 2.84. The fraction of sp³-hybridized carbons (Fsp3) is 1.00. The Morgan fingerprint density at radius 2 is 1.75 bits per heavy atom. The number of hydrogen-bond acceptors (Lipinski definition) is 2. The van der Waals surface area contributed by atoms with E-state index in [1.165, 1.54) is 19.3 Å². The molecule has 0 radical (unpaired) electrons. The van der Waals surface area contributed by atoms with Crippen LogP contribution in [0.15, 0.2) is 0 Å². The van der Waals surface area contributed by atoms with Crippen molar-refractivity contribution >= 4 is 0 Å². The second-order valence-electron chi connectivity index (χ2n) is 6.16. The molecule has 0 bridgehead atoms. The Kier molecular flexibility index (Phi) is 3.91. The van der Waals surface area contributed by atoms with Crippen molar-refractivity contribution in [1.29, 1.82) is 0 Å². The van der Waals surface area contributed by atoms with Crippen molar-refractivity contribution in [2.24, 2.45) is 23.7 Å². The maximum atomic E-state index is 10.4. The topological polar surface area (TPSA) is 29.5 Å². The highest BCUT2D eigenvalue weighted by molar-refractivity contribution is 4.86. The van der Waals surface area contributed by atoms with E-state index in [1.54, 1.807) is 0 Å². The molecule has 0 amide bonds. The minimum Gasteiger partial charge on any atom is -0.392 e. The molecule has 16 heavy (non-hydrogen) atoms. The van der Waals surface area contributed by atoms with Crippen molar-refractivity contribution in [2.75, 3.05) is 6.61 Å². The van der Waals surface area contributed by atoms with Crippen LogP contribution in [-0.4, -0.2) is 23.9 Å². The quantitative estimate of drug-likeness (QED) is 0.784. The molecule has 2 nitrogen and oxygen atoms in total. The highest BCUT2D eigenvalue weighted by atomic mass is 16.5. The molecule has 1 saturated carbocycles. The zero-order valence-corrected chi connectivity index (χ0v) is 10.9. The molecule has 1 aliphatic carbocycles. The number of rotatable bonds is 2. The molecule has 1 N–H and O–H groups in total. The summed E-state index contributed by atoms with van der Waals surface area (Å²) >= 11 is 0. The van der Waals surface area contributed by atoms with Crippen LogP contribution in [0.1, 0.15) is 46.5 Å². The summed E-state index contributed by atoms with van der Waals surface area (Å²) in [7, 11) is 0. The van der Waals surface area contributed by atoms with Crippen LogP contribution in [0.3, 0.4) is 0 Å². The average molecular weight is 226 g/mol. The number of hydrogen-bond donors (Lipinski definition) is 1. The first-order valence-corrected chi connectivity index (χ1v) is 6.87. The molecule has 2 rings (SSSR count). The first-order chi connectivity index (χ1) is 7.58. The molecular formula is C14H26O2. The normalized spacial score (nSPS) is 46.9. The molecule has 94 valence electrons. The highest BCUT2D eigenvalue weighted by Crippen LogP contribution is 2.38. The van der Waals surface area contributed by atoms with Gasteiger partial charge in [0.25, 0.3) is 0 Å². The van der Waals surface area contributed by atoms with Gasteiger partial charge in [-0.05, 0) is 43.9 Å². The van der Waals surface area contributed by atoms with E-state index in [-0.39, 0.29) is 6.10 Å². The van der Waals surface area contributed by atoms with Crippen molar-refractivity contribution in [2.45, 2.75) is 58.7 Å². The molecule has 1 saturated heterocycles. The van der Waals surface area contributed by atoms with Crippen molar-refractivity contribution in [3.05, 3.63) is 0 Å². The maximum Gasteiger partial charge on any atom is 0.0619 e. The fourth-order valence-corrected chi connectivity index (χ4v) is 3.37. The van der Waals surface area contributed by atoms with E-state index in [2.05, 4.69) is 20.8 Å². The van der Waals surface area contributed by atoms with Gasteiger partial charge >= 0.3 is 0 Å². The molecular weight excluding hydrogens is 200 g/mol. The molecule has 0 aromatic carbocycles. The maximum absolute atomic E-state index is 10.4. The van der Waals surface area contributed by atoms with Crippen LogP contribution in [0.25, 0.3) is 0 Å². The molecule has 2 aliphatic rings. The van der Waals surface area contributed by atoms with Crippen LogP contribution in [0.5, 0.6) is 0 Å². The smallest absolute Gasteiger partial charge is 0.0619 e. The van der Waals surface area contributed by atoms with E-state index >= 15 is 0 Å².